The Bertz CT molecular complexity index is 5850. The van der Waals surface area contributed by atoms with E-state index in [4.69, 9.17) is 23.2 Å². The molecular weight excluding hydrogens is 1710 g/mol. The van der Waals surface area contributed by atoms with Gasteiger partial charge in [-0.1, -0.05) is 256 Å². The van der Waals surface area contributed by atoms with Crippen LogP contribution in [0.1, 0.15) is 220 Å². The number of rotatable bonds is 26. The van der Waals surface area contributed by atoms with Crippen LogP contribution in [0.15, 0.2) is 261 Å². The zero-order valence-corrected chi connectivity index (χ0v) is 76.1. The molecule has 1 unspecified atom stereocenters. The molecular formula is C109H105Cl2F13O5. The van der Waals surface area contributed by atoms with Crippen molar-refractivity contribution in [2.75, 3.05) is 0 Å². The molecule has 0 saturated heterocycles. The highest BCUT2D eigenvalue weighted by Gasteiger charge is 2.35. The smallest absolute Gasteiger partial charge is 0.299 e. The van der Waals surface area contributed by atoms with E-state index in [0.29, 0.717) is 92.5 Å². The lowest BCUT2D eigenvalue weighted by Gasteiger charge is -2.20. The monoisotopic (exact) mass is 1810 g/mol. The summed E-state index contributed by atoms with van der Waals surface area (Å²) in [6.45, 7) is 28.5. The van der Waals surface area contributed by atoms with Crippen LogP contribution in [0, 0.1) is 29.5 Å². The highest BCUT2D eigenvalue weighted by atomic mass is 35.5. The van der Waals surface area contributed by atoms with Gasteiger partial charge >= 0.3 is 24.7 Å². The Kier molecular flexibility index (Phi) is 34.5. The summed E-state index contributed by atoms with van der Waals surface area (Å²) in [5.74, 6) is 0.0132. The van der Waals surface area contributed by atoms with Crippen molar-refractivity contribution in [3.63, 3.8) is 0 Å². The van der Waals surface area contributed by atoms with Crippen molar-refractivity contribution in [1.82, 2.24) is 0 Å². The van der Waals surface area contributed by atoms with Crippen molar-refractivity contribution in [3.05, 3.63) is 332 Å². The molecule has 676 valence electrons. The van der Waals surface area contributed by atoms with E-state index in [1.807, 2.05) is 105 Å². The fourth-order valence-electron chi connectivity index (χ4n) is 15.5. The maximum atomic E-state index is 14.1. The van der Waals surface area contributed by atoms with Crippen LogP contribution in [0.4, 0.5) is 57.1 Å². The lowest BCUT2D eigenvalue weighted by molar-refractivity contribution is -0.138. The third kappa shape index (κ3) is 28.6. The number of benzene rings is 12. The summed E-state index contributed by atoms with van der Waals surface area (Å²) in [6.07, 6.45) is -14.9. The lowest BCUT2D eigenvalue weighted by atomic mass is 9.84. The molecule has 12 aromatic carbocycles. The first-order valence-electron chi connectivity index (χ1n) is 42.7. The molecule has 0 amide bonds. The maximum absolute atomic E-state index is 14.1. The van der Waals surface area contributed by atoms with Crippen LogP contribution in [0.2, 0.25) is 10.0 Å². The topological polar surface area (TPSA) is 85.3 Å². The number of halogens is 15. The fourth-order valence-corrected chi connectivity index (χ4v) is 15.7. The van der Waals surface area contributed by atoms with Crippen LogP contribution in [-0.4, -0.2) is 28.9 Å². The predicted octanol–water partition coefficient (Wildman–Crippen LogP) is 33.8. The zero-order chi connectivity index (χ0) is 95.1. The molecule has 0 saturated carbocycles. The van der Waals surface area contributed by atoms with Gasteiger partial charge in [-0.2, -0.15) is 52.7 Å². The van der Waals surface area contributed by atoms with Crippen LogP contribution in [0.5, 0.6) is 0 Å². The molecule has 0 aliphatic rings. The first-order chi connectivity index (χ1) is 60.4. The van der Waals surface area contributed by atoms with Gasteiger partial charge in [0.05, 0.1) is 27.3 Å². The van der Waals surface area contributed by atoms with Gasteiger partial charge in [0.1, 0.15) is 29.0 Å². The number of hydrogen-bond donors (Lipinski definition) is 0. The van der Waals surface area contributed by atoms with Crippen LogP contribution in [0.3, 0.4) is 0 Å². The lowest BCUT2D eigenvalue weighted by Crippen LogP contribution is -2.12. The molecule has 4 atom stereocenters. The number of carbonyl (C=O) groups excluding carboxylic acids is 5. The first-order valence-corrected chi connectivity index (χ1v) is 43.4. The van der Waals surface area contributed by atoms with Gasteiger partial charge in [-0.05, 0) is 304 Å². The van der Waals surface area contributed by atoms with Gasteiger partial charge in [-0.15, -0.1) is 0 Å². The summed E-state index contributed by atoms with van der Waals surface area (Å²) in [6, 6.07) is 70.6. The SMILES string of the molecule is CC(=O)[C@H](CC(C)C)c1cc(-c2ccc(C(C)C)cc2)cc(-c2ccc(C(F)(F)F)cc2)c1.CC(=O)[C@H](CC(C)C)c1cc(-c2ccc(C(F)(F)F)cc2)cc(-c2ccc(Cl)c(F)c2)c1.CC(=O)[C@H](CC(C)C)c1cc(-c2ccc(Cl)cc2)cc(-c2ccc(C(F)(F)F)cc2)c1.CC(=O)c1ccc(-c2cc(-c3ccc(C(F)(F)F)cc3)cc(C(CC(C)C)C(C)=O)c2)cc1. The molecule has 0 aliphatic heterocycles. The van der Waals surface area contributed by atoms with E-state index in [0.717, 1.165) is 127 Å². The minimum Gasteiger partial charge on any atom is -0.299 e. The van der Waals surface area contributed by atoms with Gasteiger partial charge in [0, 0.05) is 34.3 Å². The molecule has 129 heavy (non-hydrogen) atoms. The third-order valence-corrected chi connectivity index (χ3v) is 22.9. The van der Waals surface area contributed by atoms with Crippen molar-refractivity contribution in [3.8, 4) is 89.0 Å². The second kappa shape index (κ2) is 43.8. The Labute approximate surface area is 757 Å². The molecule has 0 bridgehead atoms. The number of alkyl halides is 12. The molecule has 0 fully saturated rings. The molecule has 0 radical (unpaired) electrons. The Morgan fingerprint density at radius 2 is 0.450 bits per heavy atom. The van der Waals surface area contributed by atoms with E-state index >= 15 is 0 Å². The van der Waals surface area contributed by atoms with E-state index in [2.05, 4.69) is 79.7 Å². The Morgan fingerprint density at radius 1 is 0.248 bits per heavy atom. The zero-order valence-electron chi connectivity index (χ0n) is 74.6. The number of Topliss-reactive ketones (excluding diaryl/α,β-unsaturated/α-hetero) is 5. The maximum Gasteiger partial charge on any atom is 0.416 e. The average molecular weight is 1810 g/mol. The second-order valence-corrected chi connectivity index (χ2v) is 35.7. The van der Waals surface area contributed by atoms with Crippen LogP contribution in [0.25, 0.3) is 89.0 Å². The quantitative estimate of drug-likeness (QED) is 0.0398. The summed E-state index contributed by atoms with van der Waals surface area (Å²) in [5, 5.41) is 0.610. The first kappa shape index (κ1) is 101. The molecule has 0 N–H and O–H groups in total. The van der Waals surface area contributed by atoms with E-state index in [1.54, 1.807) is 57.2 Å². The number of ketones is 5. The summed E-state index contributed by atoms with van der Waals surface area (Å²) in [7, 11) is 0. The summed E-state index contributed by atoms with van der Waals surface area (Å²) in [4.78, 5) is 61.5. The normalized spacial score (nSPS) is 12.8. The van der Waals surface area contributed by atoms with Crippen molar-refractivity contribution in [2.24, 2.45) is 23.7 Å². The van der Waals surface area contributed by atoms with Crippen LogP contribution in [-0.2, 0) is 43.9 Å². The van der Waals surface area contributed by atoms with E-state index < -0.39 is 52.8 Å². The van der Waals surface area contributed by atoms with E-state index in [9.17, 15) is 81.0 Å². The van der Waals surface area contributed by atoms with Gasteiger partial charge in [0.15, 0.2) is 5.78 Å². The third-order valence-electron chi connectivity index (χ3n) is 22.4. The number of hydrogen-bond acceptors (Lipinski definition) is 5. The second-order valence-electron chi connectivity index (χ2n) is 34.9. The molecule has 0 heterocycles. The summed E-state index contributed by atoms with van der Waals surface area (Å²) < 4.78 is 170. The van der Waals surface area contributed by atoms with Crippen molar-refractivity contribution < 1.29 is 81.0 Å². The van der Waals surface area contributed by atoms with Crippen molar-refractivity contribution >= 4 is 52.1 Å². The molecule has 0 aliphatic carbocycles. The standard InChI is InChI=1S/C29H31F3O.C28H27F3O2.C26H23ClF4O.C26H24ClF3O/c1-18(2)14-28(20(5)33)26-16-24(22-8-6-21(7-9-22)19(3)4)15-25(17-26)23-10-12-27(13-11-23)29(30,31)32;1-17(2)13-27(19(4)33)25-15-23(21-7-5-20(6-8-21)18(3)32)14-24(16-25)22-9-11-26(12-10-22)28(29,30)31;1-15(2)10-23(16(3)32)21-12-19(17-4-7-22(8-5-17)26(29,30)31)11-20(13-21)18-6-9-24(27)25(28)14-18;1-16(2)12-25(17(3)31)22-14-20(18-4-8-23(9-5-18)26(28,29)30)13-21(15-22)19-6-10-24(27)11-7-19/h6-13,15-19,28H,14H2,1-5H3;5-12,14-17,27H,13H2,1-4H3;4-9,11-15,23H,10H2,1-3H3;4-11,13-16,25H,12H2,1-3H3/t28-;;23-;25-/m0.00/s1. The Morgan fingerprint density at radius 3 is 0.643 bits per heavy atom. The average Bonchev–Trinajstić information content (AvgIpc) is 0.805. The van der Waals surface area contributed by atoms with Crippen LogP contribution >= 0.6 is 23.2 Å². The molecule has 5 nitrogen and oxygen atoms in total. The van der Waals surface area contributed by atoms with Gasteiger partial charge in [-0.3, -0.25) is 24.0 Å². The fraction of sp³-hybridized carbons (Fsp3) is 0.294. The highest BCUT2D eigenvalue weighted by Crippen LogP contribution is 2.44. The van der Waals surface area contributed by atoms with Gasteiger partial charge in [0.2, 0.25) is 0 Å². The molecule has 12 rings (SSSR count). The largest absolute Gasteiger partial charge is 0.416 e. The van der Waals surface area contributed by atoms with Crippen molar-refractivity contribution in [2.45, 2.75) is 184 Å². The predicted molar refractivity (Wildman–Crippen MR) is 495 cm³/mol. The van der Waals surface area contributed by atoms with Crippen molar-refractivity contribution in [1.29, 1.82) is 0 Å². The molecule has 0 aromatic heterocycles. The summed E-state index contributed by atoms with van der Waals surface area (Å²) >= 11 is 11.8. The summed E-state index contributed by atoms with van der Waals surface area (Å²) in [5.41, 5.74) is 14.6. The van der Waals surface area contributed by atoms with E-state index in [1.165, 1.54) is 80.1 Å². The minimum atomic E-state index is -4.43. The van der Waals surface area contributed by atoms with Crippen LogP contribution < -0.4 is 0 Å². The molecule has 12 aromatic rings. The van der Waals surface area contributed by atoms with E-state index in [-0.39, 0.29) is 63.5 Å². The highest BCUT2D eigenvalue weighted by molar-refractivity contribution is 6.31. The molecule has 20 heteroatoms. The van der Waals surface area contributed by atoms with Gasteiger partial charge in [0.25, 0.3) is 0 Å². The Hall–Kier alpha value is -11.3. The minimum absolute atomic E-state index is 0.00324. The van der Waals surface area contributed by atoms with Gasteiger partial charge < -0.3 is 0 Å². The Balaban J connectivity index is 0.000000194. The number of carbonyl (C=O) groups is 5. The molecule has 0 spiro atoms. The van der Waals surface area contributed by atoms with Gasteiger partial charge in [-0.25, -0.2) is 4.39 Å².